The summed E-state index contributed by atoms with van der Waals surface area (Å²) in [5, 5.41) is 8.82. The van der Waals surface area contributed by atoms with E-state index in [9.17, 15) is 4.79 Å². The molecule has 0 spiro atoms. The van der Waals surface area contributed by atoms with Gasteiger partial charge in [-0.15, -0.1) is 0 Å². The minimum absolute atomic E-state index is 0.147. The van der Waals surface area contributed by atoms with Gasteiger partial charge in [-0.05, 0) is 19.3 Å². The third-order valence-corrected chi connectivity index (χ3v) is 2.22. The number of hydrogen-bond donors (Lipinski definition) is 1. The van der Waals surface area contributed by atoms with Crippen molar-refractivity contribution in [2.75, 3.05) is 0 Å². The van der Waals surface area contributed by atoms with E-state index in [0.29, 0.717) is 6.42 Å². The predicted octanol–water partition coefficient (Wildman–Crippen LogP) is 2.88. The zero-order chi connectivity index (χ0) is 9.72. The van der Waals surface area contributed by atoms with Crippen LogP contribution in [0.25, 0.3) is 0 Å². The quantitative estimate of drug-likeness (QED) is 0.740. The van der Waals surface area contributed by atoms with Crippen molar-refractivity contribution < 1.29 is 9.90 Å². The molecule has 0 saturated carbocycles. The molecule has 3 heteroatoms. The number of rotatable bonds is 4. The fraction of sp³-hybridized carbons (Fsp3) is 0.667. The van der Waals surface area contributed by atoms with Crippen molar-refractivity contribution in [1.29, 1.82) is 0 Å². The lowest BCUT2D eigenvalue weighted by Gasteiger charge is -2.15. The van der Waals surface area contributed by atoms with Gasteiger partial charge < -0.3 is 5.11 Å². The molecule has 0 heterocycles. The van der Waals surface area contributed by atoms with Gasteiger partial charge in [-0.25, -0.2) is 0 Å². The summed E-state index contributed by atoms with van der Waals surface area (Å²) in [4.78, 5) is 10.7. The number of aliphatic carboxylic acids is 1. The van der Waals surface area contributed by atoms with E-state index in [0.717, 1.165) is 5.57 Å². The summed E-state index contributed by atoms with van der Waals surface area (Å²) >= 11 is 5.45. The van der Waals surface area contributed by atoms with Gasteiger partial charge in [-0.3, -0.25) is 4.79 Å². The third-order valence-electron chi connectivity index (χ3n) is 1.85. The molecule has 1 atom stereocenters. The molecule has 0 saturated heterocycles. The van der Waals surface area contributed by atoms with Crippen molar-refractivity contribution in [1.82, 2.24) is 0 Å². The van der Waals surface area contributed by atoms with E-state index >= 15 is 0 Å². The molecule has 0 rings (SSSR count). The number of halogens is 1. The number of hydrogen-bond acceptors (Lipinski definition) is 1. The second-order valence-electron chi connectivity index (χ2n) is 3.35. The predicted molar refractivity (Wildman–Crippen MR) is 50.2 cm³/mol. The molecule has 0 radical (unpaired) electrons. The topological polar surface area (TPSA) is 37.3 Å². The lowest BCUT2D eigenvalue weighted by atomic mass is 9.90. The van der Waals surface area contributed by atoms with E-state index in [1.165, 1.54) is 5.54 Å². The zero-order valence-electron chi connectivity index (χ0n) is 7.67. The van der Waals surface area contributed by atoms with E-state index in [1.807, 2.05) is 20.8 Å². The van der Waals surface area contributed by atoms with Crippen LogP contribution in [-0.2, 0) is 4.79 Å². The highest BCUT2D eigenvalue weighted by Gasteiger charge is 2.21. The van der Waals surface area contributed by atoms with Crippen LogP contribution in [0.3, 0.4) is 0 Å². The SMILES string of the molecule is CC(=CCl)C[C@H](C(=O)O)C(C)C. The number of carboxylic acids is 1. The molecule has 0 fully saturated rings. The van der Waals surface area contributed by atoms with Crippen LogP contribution in [0, 0.1) is 11.8 Å². The van der Waals surface area contributed by atoms with Gasteiger partial charge in [0.05, 0.1) is 5.92 Å². The van der Waals surface area contributed by atoms with Crippen LogP contribution < -0.4 is 0 Å². The van der Waals surface area contributed by atoms with Gasteiger partial charge in [0.1, 0.15) is 0 Å². The van der Waals surface area contributed by atoms with Crippen LogP contribution in [0.4, 0.5) is 0 Å². The van der Waals surface area contributed by atoms with Gasteiger partial charge >= 0.3 is 5.97 Å². The third kappa shape index (κ3) is 3.77. The fourth-order valence-electron chi connectivity index (χ4n) is 1.000. The van der Waals surface area contributed by atoms with Crippen molar-refractivity contribution in [3.05, 3.63) is 11.1 Å². The summed E-state index contributed by atoms with van der Waals surface area (Å²) < 4.78 is 0. The van der Waals surface area contributed by atoms with E-state index in [4.69, 9.17) is 16.7 Å². The maximum atomic E-state index is 10.7. The smallest absolute Gasteiger partial charge is 0.307 e. The van der Waals surface area contributed by atoms with Gasteiger partial charge in [0.2, 0.25) is 0 Å². The molecule has 0 amide bonds. The summed E-state index contributed by atoms with van der Waals surface area (Å²) in [6.45, 7) is 5.64. The zero-order valence-corrected chi connectivity index (χ0v) is 8.43. The van der Waals surface area contributed by atoms with Crippen LogP contribution in [0.15, 0.2) is 11.1 Å². The molecular weight excluding hydrogens is 176 g/mol. The van der Waals surface area contributed by atoms with Crippen LogP contribution in [-0.4, -0.2) is 11.1 Å². The highest BCUT2D eigenvalue weighted by Crippen LogP contribution is 2.20. The van der Waals surface area contributed by atoms with Gasteiger partial charge in [0, 0.05) is 5.54 Å². The van der Waals surface area contributed by atoms with Crippen molar-refractivity contribution in [3.8, 4) is 0 Å². The minimum Gasteiger partial charge on any atom is -0.481 e. The highest BCUT2D eigenvalue weighted by molar-refractivity contribution is 6.25. The molecule has 0 aromatic carbocycles. The maximum absolute atomic E-state index is 10.7. The first-order valence-electron chi connectivity index (χ1n) is 3.97. The average molecular weight is 191 g/mol. The Kier molecular flexibility index (Phi) is 4.98. The summed E-state index contributed by atoms with van der Waals surface area (Å²) in [5.74, 6) is -0.920. The van der Waals surface area contributed by atoms with Crippen LogP contribution >= 0.6 is 11.6 Å². The molecule has 0 aliphatic carbocycles. The average Bonchev–Trinajstić information content (AvgIpc) is 1.98. The van der Waals surface area contributed by atoms with E-state index in [1.54, 1.807) is 0 Å². The van der Waals surface area contributed by atoms with E-state index in [-0.39, 0.29) is 11.8 Å². The Hall–Kier alpha value is -0.500. The largest absolute Gasteiger partial charge is 0.481 e. The number of allylic oxidation sites excluding steroid dienone is 1. The fourth-order valence-corrected chi connectivity index (χ4v) is 1.09. The molecule has 1 N–H and O–H groups in total. The Morgan fingerprint density at radius 3 is 2.33 bits per heavy atom. The lowest BCUT2D eigenvalue weighted by molar-refractivity contribution is -0.143. The van der Waals surface area contributed by atoms with Crippen molar-refractivity contribution in [3.63, 3.8) is 0 Å². The van der Waals surface area contributed by atoms with Crippen LogP contribution in [0.2, 0.25) is 0 Å². The van der Waals surface area contributed by atoms with E-state index < -0.39 is 5.97 Å². The lowest BCUT2D eigenvalue weighted by Crippen LogP contribution is -2.19. The molecule has 0 aromatic rings. The molecule has 0 aromatic heterocycles. The molecule has 0 bridgehead atoms. The molecular formula is C9H15ClO2. The molecule has 70 valence electrons. The van der Waals surface area contributed by atoms with Gasteiger partial charge in [0.15, 0.2) is 0 Å². The van der Waals surface area contributed by atoms with E-state index in [2.05, 4.69) is 0 Å². The van der Waals surface area contributed by atoms with Crippen molar-refractivity contribution >= 4 is 17.6 Å². The monoisotopic (exact) mass is 190 g/mol. The first kappa shape index (κ1) is 11.5. The Morgan fingerprint density at radius 2 is 2.08 bits per heavy atom. The number of carboxylic acid groups (broad SMARTS) is 1. The van der Waals surface area contributed by atoms with Gasteiger partial charge in [-0.2, -0.15) is 0 Å². The summed E-state index contributed by atoms with van der Waals surface area (Å²) in [6.07, 6.45) is 0.538. The Bertz CT molecular complexity index is 185. The van der Waals surface area contributed by atoms with Crippen molar-refractivity contribution in [2.45, 2.75) is 27.2 Å². The van der Waals surface area contributed by atoms with Gasteiger partial charge in [-0.1, -0.05) is 31.0 Å². The minimum atomic E-state index is -0.747. The standard InChI is InChI=1S/C9H15ClO2/c1-6(2)8(9(11)12)4-7(3)5-10/h5-6,8H,4H2,1-3H3,(H,11,12)/t8-/m0/s1. The first-order chi connectivity index (χ1) is 5.49. The Balaban J connectivity index is 4.24. The highest BCUT2D eigenvalue weighted by atomic mass is 35.5. The maximum Gasteiger partial charge on any atom is 0.307 e. The summed E-state index contributed by atoms with van der Waals surface area (Å²) in [5.41, 5.74) is 2.36. The van der Waals surface area contributed by atoms with Crippen molar-refractivity contribution in [2.24, 2.45) is 11.8 Å². The van der Waals surface area contributed by atoms with Gasteiger partial charge in [0.25, 0.3) is 0 Å². The second kappa shape index (κ2) is 5.20. The Morgan fingerprint density at radius 1 is 1.58 bits per heavy atom. The normalized spacial score (nSPS) is 14.9. The summed E-state index contributed by atoms with van der Waals surface area (Å²) in [6, 6.07) is 0. The molecule has 0 aliphatic heterocycles. The molecule has 12 heavy (non-hydrogen) atoms. The Labute approximate surface area is 78.2 Å². The second-order valence-corrected chi connectivity index (χ2v) is 3.57. The summed E-state index contributed by atoms with van der Waals surface area (Å²) in [7, 11) is 0. The molecule has 0 unspecified atom stereocenters. The molecule has 0 aliphatic rings. The van der Waals surface area contributed by atoms with Crippen LogP contribution in [0.1, 0.15) is 27.2 Å². The van der Waals surface area contributed by atoms with Crippen LogP contribution in [0.5, 0.6) is 0 Å². The first-order valence-corrected chi connectivity index (χ1v) is 4.41. The number of carbonyl (C=O) groups is 1. The molecule has 2 nitrogen and oxygen atoms in total.